The Morgan fingerprint density at radius 3 is 2.16 bits per heavy atom. The Kier molecular flexibility index (Phi) is 9.11. The van der Waals surface area contributed by atoms with Crippen LogP contribution in [0.1, 0.15) is 46.9 Å². The lowest BCUT2D eigenvalue weighted by molar-refractivity contribution is 0.0600. The van der Waals surface area contributed by atoms with E-state index in [1.165, 1.54) is 7.11 Å². The van der Waals surface area contributed by atoms with Crippen molar-refractivity contribution in [3.63, 3.8) is 0 Å². The van der Waals surface area contributed by atoms with Crippen molar-refractivity contribution in [3.8, 4) is 5.75 Å². The molecular formula is C25H27NO5. The minimum Gasteiger partial charge on any atom is -0.489 e. The highest BCUT2D eigenvalue weighted by Gasteiger charge is 2.17. The largest absolute Gasteiger partial charge is 0.489 e. The van der Waals surface area contributed by atoms with Gasteiger partial charge in [-0.2, -0.15) is 0 Å². The maximum atomic E-state index is 11.5. The molecule has 6 heteroatoms. The summed E-state index contributed by atoms with van der Waals surface area (Å²) < 4.78 is 10.5. The van der Waals surface area contributed by atoms with E-state index in [4.69, 9.17) is 4.74 Å². The van der Waals surface area contributed by atoms with Crippen molar-refractivity contribution >= 4 is 12.1 Å². The van der Waals surface area contributed by atoms with Crippen molar-refractivity contribution in [1.29, 1.82) is 0 Å². The highest BCUT2D eigenvalue weighted by Crippen LogP contribution is 2.25. The zero-order chi connectivity index (χ0) is 22.6. The monoisotopic (exact) mass is 421 g/mol. The van der Waals surface area contributed by atoms with E-state index < -0.39 is 12.1 Å². The van der Waals surface area contributed by atoms with Crippen LogP contribution in [0.25, 0.3) is 0 Å². The van der Waals surface area contributed by atoms with E-state index in [0.717, 1.165) is 16.7 Å². The molecular weight excluding hydrogens is 394 g/mol. The van der Waals surface area contributed by atoms with E-state index in [9.17, 15) is 14.7 Å². The standard InChI is InChI=1S/C23H21NO5.C2H6/c1-28-22(25)18-12-10-16(11-13-18)15-29-20-9-5-8-19(14-20)21(24-23(26)27)17-6-3-2-4-7-17;1-2/h2-14,21,24H,15H2,1H3,(H,26,27);1-2H3. The highest BCUT2D eigenvalue weighted by molar-refractivity contribution is 5.89. The molecule has 6 nitrogen and oxygen atoms in total. The molecule has 1 amide bonds. The third-order valence-electron chi connectivity index (χ3n) is 4.37. The van der Waals surface area contributed by atoms with E-state index in [2.05, 4.69) is 10.1 Å². The van der Waals surface area contributed by atoms with Crippen molar-refractivity contribution in [1.82, 2.24) is 5.32 Å². The van der Waals surface area contributed by atoms with Crippen LogP contribution in [0.3, 0.4) is 0 Å². The first-order chi connectivity index (χ1) is 15.1. The number of hydrogen-bond donors (Lipinski definition) is 2. The van der Waals surface area contributed by atoms with Gasteiger partial charge in [0.25, 0.3) is 0 Å². The maximum absolute atomic E-state index is 11.5. The second-order valence-corrected chi connectivity index (χ2v) is 6.34. The predicted octanol–water partition coefficient (Wildman–Crippen LogP) is 5.44. The molecule has 0 radical (unpaired) electrons. The molecule has 3 rings (SSSR count). The number of hydrogen-bond acceptors (Lipinski definition) is 4. The molecule has 0 aliphatic rings. The Hall–Kier alpha value is -3.80. The first-order valence-electron chi connectivity index (χ1n) is 10.0. The average Bonchev–Trinajstić information content (AvgIpc) is 2.83. The fourth-order valence-electron chi connectivity index (χ4n) is 2.93. The fourth-order valence-corrected chi connectivity index (χ4v) is 2.93. The summed E-state index contributed by atoms with van der Waals surface area (Å²) in [6, 6.07) is 23.1. The molecule has 0 saturated heterocycles. The van der Waals surface area contributed by atoms with Crippen LogP contribution in [0.15, 0.2) is 78.9 Å². The van der Waals surface area contributed by atoms with Crippen LogP contribution in [0, 0.1) is 0 Å². The normalized spacial score (nSPS) is 10.8. The van der Waals surface area contributed by atoms with E-state index in [1.807, 2.05) is 68.4 Å². The molecule has 0 spiro atoms. The van der Waals surface area contributed by atoms with Gasteiger partial charge in [-0.1, -0.05) is 68.4 Å². The van der Waals surface area contributed by atoms with Gasteiger partial charge in [0.2, 0.25) is 0 Å². The first-order valence-corrected chi connectivity index (χ1v) is 10.0. The second kappa shape index (κ2) is 12.0. The van der Waals surface area contributed by atoms with Gasteiger partial charge in [0, 0.05) is 0 Å². The molecule has 0 aliphatic carbocycles. The third kappa shape index (κ3) is 6.89. The van der Waals surface area contributed by atoms with E-state index >= 15 is 0 Å². The summed E-state index contributed by atoms with van der Waals surface area (Å²) in [4.78, 5) is 22.8. The summed E-state index contributed by atoms with van der Waals surface area (Å²) in [5, 5.41) is 11.8. The summed E-state index contributed by atoms with van der Waals surface area (Å²) in [6.45, 7) is 4.31. The third-order valence-corrected chi connectivity index (χ3v) is 4.37. The topological polar surface area (TPSA) is 84.9 Å². The maximum Gasteiger partial charge on any atom is 0.405 e. The summed E-state index contributed by atoms with van der Waals surface area (Å²) in [6.07, 6.45) is -1.10. The lowest BCUT2D eigenvalue weighted by Crippen LogP contribution is -2.27. The van der Waals surface area contributed by atoms with Crippen LogP contribution in [0.5, 0.6) is 5.75 Å². The summed E-state index contributed by atoms with van der Waals surface area (Å²) in [7, 11) is 1.34. The number of esters is 1. The number of carbonyl (C=O) groups is 2. The van der Waals surface area contributed by atoms with Crippen LogP contribution in [0.2, 0.25) is 0 Å². The predicted molar refractivity (Wildman–Crippen MR) is 119 cm³/mol. The van der Waals surface area contributed by atoms with Gasteiger partial charge in [-0.05, 0) is 41.0 Å². The molecule has 162 valence electrons. The molecule has 3 aromatic rings. The molecule has 0 fully saturated rings. The van der Waals surface area contributed by atoms with E-state index in [-0.39, 0.29) is 5.97 Å². The highest BCUT2D eigenvalue weighted by atomic mass is 16.5. The van der Waals surface area contributed by atoms with Gasteiger partial charge >= 0.3 is 12.1 Å². The average molecular weight is 421 g/mol. The minimum absolute atomic E-state index is 0.313. The molecule has 3 aromatic carbocycles. The Morgan fingerprint density at radius 2 is 1.55 bits per heavy atom. The lowest BCUT2D eigenvalue weighted by Gasteiger charge is -2.19. The molecule has 0 bridgehead atoms. The molecule has 31 heavy (non-hydrogen) atoms. The first kappa shape index (κ1) is 23.5. The molecule has 0 saturated carbocycles. The second-order valence-electron chi connectivity index (χ2n) is 6.34. The van der Waals surface area contributed by atoms with Crippen LogP contribution in [0.4, 0.5) is 4.79 Å². The minimum atomic E-state index is -1.10. The number of carboxylic acid groups (broad SMARTS) is 1. The van der Waals surface area contributed by atoms with Gasteiger partial charge in [-0.15, -0.1) is 0 Å². The Balaban J connectivity index is 0.00000166. The van der Waals surface area contributed by atoms with Crippen LogP contribution < -0.4 is 10.1 Å². The van der Waals surface area contributed by atoms with Gasteiger partial charge in [0.15, 0.2) is 0 Å². The van der Waals surface area contributed by atoms with Gasteiger partial charge in [-0.3, -0.25) is 0 Å². The summed E-state index contributed by atoms with van der Waals surface area (Å²) in [5.41, 5.74) is 2.98. The summed E-state index contributed by atoms with van der Waals surface area (Å²) >= 11 is 0. The van der Waals surface area contributed by atoms with Crippen molar-refractivity contribution < 1.29 is 24.2 Å². The van der Waals surface area contributed by atoms with Crippen molar-refractivity contribution in [2.24, 2.45) is 0 Å². The van der Waals surface area contributed by atoms with Crippen LogP contribution in [-0.4, -0.2) is 24.3 Å². The molecule has 1 atom stereocenters. The number of ether oxygens (including phenoxy) is 2. The van der Waals surface area contributed by atoms with Crippen LogP contribution in [-0.2, 0) is 11.3 Å². The number of rotatable bonds is 7. The zero-order valence-electron chi connectivity index (χ0n) is 17.9. The van der Waals surface area contributed by atoms with Crippen molar-refractivity contribution in [3.05, 3.63) is 101 Å². The Morgan fingerprint density at radius 1 is 0.903 bits per heavy atom. The summed E-state index contributed by atoms with van der Waals surface area (Å²) in [5.74, 6) is 0.232. The zero-order valence-corrected chi connectivity index (χ0v) is 17.9. The Labute approximate surface area is 182 Å². The Bertz CT molecular complexity index is 971. The molecule has 0 aliphatic heterocycles. The van der Waals surface area contributed by atoms with Gasteiger partial charge < -0.3 is 19.9 Å². The quantitative estimate of drug-likeness (QED) is 0.497. The van der Waals surface area contributed by atoms with E-state index in [0.29, 0.717) is 17.9 Å². The van der Waals surface area contributed by atoms with Gasteiger partial charge in [0.1, 0.15) is 12.4 Å². The lowest BCUT2D eigenvalue weighted by atomic mass is 9.98. The number of carbonyl (C=O) groups excluding carboxylic acids is 1. The number of benzene rings is 3. The number of amides is 1. The van der Waals surface area contributed by atoms with Crippen molar-refractivity contribution in [2.45, 2.75) is 26.5 Å². The fraction of sp³-hybridized carbons (Fsp3) is 0.200. The van der Waals surface area contributed by atoms with Crippen molar-refractivity contribution in [2.75, 3.05) is 7.11 Å². The number of nitrogens with one attached hydrogen (secondary N) is 1. The molecule has 0 heterocycles. The molecule has 2 N–H and O–H groups in total. The van der Waals surface area contributed by atoms with E-state index in [1.54, 1.807) is 24.3 Å². The molecule has 0 aromatic heterocycles. The molecule has 1 unspecified atom stereocenters. The van der Waals surface area contributed by atoms with Gasteiger partial charge in [0.05, 0.1) is 18.7 Å². The van der Waals surface area contributed by atoms with Gasteiger partial charge in [-0.25, -0.2) is 9.59 Å². The SMILES string of the molecule is CC.COC(=O)c1ccc(COc2cccc(C(NC(=O)O)c3ccccc3)c2)cc1. The van der Waals surface area contributed by atoms with Crippen LogP contribution >= 0.6 is 0 Å². The number of methoxy groups -OCH3 is 1. The smallest absolute Gasteiger partial charge is 0.405 e.